The van der Waals surface area contributed by atoms with E-state index in [0.29, 0.717) is 24.1 Å². The van der Waals surface area contributed by atoms with Crippen LogP contribution in [0.1, 0.15) is 21.5 Å². The highest BCUT2D eigenvalue weighted by atomic mass is 32.2. The average molecular weight is 491 g/mol. The molecule has 1 heterocycles. The summed E-state index contributed by atoms with van der Waals surface area (Å²) in [5, 5.41) is 10.6. The molecular formula is C24H21F3N2O4S. The summed E-state index contributed by atoms with van der Waals surface area (Å²) in [5.41, 5.74) is -0.494. The van der Waals surface area contributed by atoms with Gasteiger partial charge in [-0.3, -0.25) is 9.52 Å². The molecule has 10 heteroatoms. The van der Waals surface area contributed by atoms with E-state index in [9.17, 15) is 31.5 Å². The molecule has 6 nitrogen and oxygen atoms in total. The van der Waals surface area contributed by atoms with E-state index in [1.807, 2.05) is 30.3 Å². The molecule has 1 saturated heterocycles. The van der Waals surface area contributed by atoms with Gasteiger partial charge in [0.2, 0.25) is 0 Å². The quantitative estimate of drug-likeness (QED) is 0.548. The van der Waals surface area contributed by atoms with Crippen molar-refractivity contribution in [2.45, 2.75) is 23.1 Å². The molecule has 34 heavy (non-hydrogen) atoms. The molecule has 4 rings (SSSR count). The second-order valence-corrected chi connectivity index (χ2v) is 9.94. The minimum absolute atomic E-state index is 0.153. The number of carbonyl (C=O) groups is 1. The van der Waals surface area contributed by atoms with E-state index in [2.05, 4.69) is 4.72 Å². The first kappa shape index (κ1) is 23.8. The van der Waals surface area contributed by atoms with E-state index in [1.54, 1.807) is 0 Å². The van der Waals surface area contributed by atoms with Crippen molar-refractivity contribution in [2.24, 2.45) is 0 Å². The maximum atomic E-state index is 12.7. The maximum absolute atomic E-state index is 12.7. The molecule has 0 bridgehead atoms. The average Bonchev–Trinajstić information content (AvgIpc) is 2.77. The zero-order valence-electron chi connectivity index (χ0n) is 17.8. The Hall–Kier alpha value is -3.37. The monoisotopic (exact) mass is 490 g/mol. The third-order valence-electron chi connectivity index (χ3n) is 5.51. The van der Waals surface area contributed by atoms with Crippen LogP contribution in [0.25, 0.3) is 0 Å². The highest BCUT2D eigenvalue weighted by Gasteiger charge is 2.43. The lowest BCUT2D eigenvalue weighted by atomic mass is 9.86. The molecule has 178 valence electrons. The number of rotatable bonds is 6. The van der Waals surface area contributed by atoms with Crippen molar-refractivity contribution in [1.29, 1.82) is 0 Å². The first-order valence-electron chi connectivity index (χ1n) is 10.3. The third kappa shape index (κ3) is 5.23. The number of alkyl halides is 3. The van der Waals surface area contributed by atoms with Gasteiger partial charge in [0, 0.05) is 17.7 Å². The summed E-state index contributed by atoms with van der Waals surface area (Å²) in [5.74, 6) is -0.296. The number of aliphatic hydroxyl groups is 1. The molecule has 1 fully saturated rings. The molecule has 2 N–H and O–H groups in total. The summed E-state index contributed by atoms with van der Waals surface area (Å²) in [4.78, 5) is 13.9. The predicted molar refractivity (Wildman–Crippen MR) is 120 cm³/mol. The second-order valence-electron chi connectivity index (χ2n) is 8.25. The van der Waals surface area contributed by atoms with Gasteiger partial charge in [-0.05, 0) is 54.1 Å². The van der Waals surface area contributed by atoms with Gasteiger partial charge >= 0.3 is 6.18 Å². The van der Waals surface area contributed by atoms with Crippen LogP contribution in [0.5, 0.6) is 0 Å². The van der Waals surface area contributed by atoms with Crippen LogP contribution in [0.2, 0.25) is 0 Å². The summed E-state index contributed by atoms with van der Waals surface area (Å²) in [6, 6.07) is 18.3. The Morgan fingerprint density at radius 3 is 2.09 bits per heavy atom. The fourth-order valence-electron chi connectivity index (χ4n) is 3.80. The maximum Gasteiger partial charge on any atom is 0.416 e. The fourth-order valence-corrected chi connectivity index (χ4v) is 4.85. The van der Waals surface area contributed by atoms with Gasteiger partial charge in [0.25, 0.3) is 15.9 Å². The van der Waals surface area contributed by atoms with Gasteiger partial charge in [-0.1, -0.05) is 30.3 Å². The lowest BCUT2D eigenvalue weighted by Crippen LogP contribution is -2.64. The molecule has 0 aliphatic carbocycles. The minimum atomic E-state index is -4.56. The number of likely N-dealkylation sites (tertiary alicyclic amines) is 1. The number of nitrogens with zero attached hydrogens (tertiary/aromatic N) is 1. The van der Waals surface area contributed by atoms with E-state index in [0.717, 1.165) is 17.7 Å². The molecule has 3 aromatic rings. The SMILES string of the molecule is O=C(c1ccc(NS(=O)(=O)c2ccc(C(F)(F)F)cc2)cc1)N1CC(O)(Cc2ccccc2)C1. The van der Waals surface area contributed by atoms with Crippen LogP contribution in [-0.2, 0) is 22.6 Å². The number of hydrogen-bond acceptors (Lipinski definition) is 4. The van der Waals surface area contributed by atoms with E-state index in [4.69, 9.17) is 0 Å². The summed E-state index contributed by atoms with van der Waals surface area (Å²) in [6.07, 6.45) is -4.13. The lowest BCUT2D eigenvalue weighted by molar-refractivity contribution is -0.137. The highest BCUT2D eigenvalue weighted by molar-refractivity contribution is 7.92. The van der Waals surface area contributed by atoms with E-state index in [-0.39, 0.29) is 29.6 Å². The van der Waals surface area contributed by atoms with Crippen molar-refractivity contribution in [3.05, 3.63) is 95.6 Å². The van der Waals surface area contributed by atoms with Gasteiger partial charge in [-0.25, -0.2) is 8.42 Å². The lowest BCUT2D eigenvalue weighted by Gasteiger charge is -2.46. The predicted octanol–water partition coefficient (Wildman–Crippen LogP) is 3.94. The molecule has 1 aliphatic heterocycles. The zero-order valence-corrected chi connectivity index (χ0v) is 18.6. The van der Waals surface area contributed by atoms with E-state index in [1.165, 1.54) is 29.2 Å². The van der Waals surface area contributed by atoms with Gasteiger partial charge in [-0.2, -0.15) is 13.2 Å². The standard InChI is InChI=1S/C24H21F3N2O4S/c25-24(26,27)19-8-12-21(13-9-19)34(32,33)28-20-10-6-18(7-11-20)22(30)29-15-23(31,16-29)14-17-4-2-1-3-5-17/h1-13,28,31H,14-16H2. The molecule has 1 amide bonds. The van der Waals surface area contributed by atoms with Crippen molar-refractivity contribution < 1.29 is 31.5 Å². The molecule has 3 aromatic carbocycles. The van der Waals surface area contributed by atoms with Crippen molar-refractivity contribution in [2.75, 3.05) is 17.8 Å². The molecule has 1 aliphatic rings. The largest absolute Gasteiger partial charge is 0.416 e. The summed E-state index contributed by atoms with van der Waals surface area (Å²) in [7, 11) is -4.11. The van der Waals surface area contributed by atoms with E-state index < -0.39 is 27.4 Å². The van der Waals surface area contributed by atoms with Gasteiger partial charge in [0.15, 0.2) is 0 Å². The Kier molecular flexibility index (Phi) is 6.13. The van der Waals surface area contributed by atoms with Crippen LogP contribution >= 0.6 is 0 Å². The minimum Gasteiger partial charge on any atom is -0.386 e. The fraction of sp³-hybridized carbons (Fsp3) is 0.208. The molecule has 0 radical (unpaired) electrons. The molecule has 0 saturated carbocycles. The Morgan fingerprint density at radius 2 is 1.53 bits per heavy atom. The molecule has 0 unspecified atom stereocenters. The first-order chi connectivity index (χ1) is 16.0. The highest BCUT2D eigenvalue weighted by Crippen LogP contribution is 2.30. The van der Waals surface area contributed by atoms with E-state index >= 15 is 0 Å². The number of anilines is 1. The van der Waals surface area contributed by atoms with Gasteiger partial charge in [0.05, 0.1) is 23.5 Å². The van der Waals surface area contributed by atoms with Crippen LogP contribution in [0, 0.1) is 0 Å². The number of halogens is 3. The van der Waals surface area contributed by atoms with Gasteiger partial charge < -0.3 is 10.0 Å². The van der Waals surface area contributed by atoms with Crippen molar-refractivity contribution in [3.8, 4) is 0 Å². The summed E-state index contributed by atoms with van der Waals surface area (Å²) < 4.78 is 65.3. The smallest absolute Gasteiger partial charge is 0.386 e. The van der Waals surface area contributed by atoms with Crippen molar-refractivity contribution in [3.63, 3.8) is 0 Å². The zero-order chi connectivity index (χ0) is 24.6. The molecule has 0 atom stereocenters. The van der Waals surface area contributed by atoms with Crippen LogP contribution < -0.4 is 4.72 Å². The number of benzene rings is 3. The van der Waals surface area contributed by atoms with Crippen LogP contribution in [-0.4, -0.2) is 43.0 Å². The number of amides is 1. The topological polar surface area (TPSA) is 86.7 Å². The molecular weight excluding hydrogens is 469 g/mol. The molecule has 0 spiro atoms. The molecule has 0 aromatic heterocycles. The Morgan fingerprint density at radius 1 is 0.941 bits per heavy atom. The van der Waals surface area contributed by atoms with Crippen molar-refractivity contribution >= 4 is 21.6 Å². The Labute approximate surface area is 194 Å². The third-order valence-corrected chi connectivity index (χ3v) is 6.91. The summed E-state index contributed by atoms with van der Waals surface area (Å²) >= 11 is 0. The van der Waals surface area contributed by atoms with Crippen LogP contribution in [0.15, 0.2) is 83.8 Å². The Balaban J connectivity index is 1.37. The number of hydrogen-bond donors (Lipinski definition) is 2. The number of carbonyl (C=O) groups excluding carboxylic acids is 1. The first-order valence-corrected chi connectivity index (χ1v) is 11.8. The number of nitrogens with one attached hydrogen (secondary N) is 1. The normalized spacial score (nSPS) is 15.5. The Bertz CT molecular complexity index is 1270. The van der Waals surface area contributed by atoms with Gasteiger partial charge in [-0.15, -0.1) is 0 Å². The van der Waals surface area contributed by atoms with Crippen molar-refractivity contribution in [1.82, 2.24) is 4.90 Å². The van der Waals surface area contributed by atoms with Crippen LogP contribution in [0.3, 0.4) is 0 Å². The second kappa shape index (κ2) is 8.77. The van der Waals surface area contributed by atoms with Crippen LogP contribution in [0.4, 0.5) is 18.9 Å². The number of sulfonamides is 1. The van der Waals surface area contributed by atoms with Gasteiger partial charge in [0.1, 0.15) is 5.60 Å². The number of β-amino-alcohol motifs (C(OH)–C–C–N with tert-alkyl or cyclic N) is 1. The summed E-state index contributed by atoms with van der Waals surface area (Å²) in [6.45, 7) is 0.367.